The van der Waals surface area contributed by atoms with Crippen LogP contribution in [0.5, 0.6) is 0 Å². The van der Waals surface area contributed by atoms with Crippen molar-refractivity contribution in [1.29, 1.82) is 0 Å². The summed E-state index contributed by atoms with van der Waals surface area (Å²) in [5, 5.41) is 16.1. The average molecular weight is 288 g/mol. The molecule has 0 spiro atoms. The molecule has 3 N–H and O–H groups in total. The molecule has 0 heterocycles. The highest BCUT2D eigenvalue weighted by atomic mass is 16.6. The van der Waals surface area contributed by atoms with Gasteiger partial charge in [-0.25, -0.2) is 0 Å². The standard InChI is InChI=1S/C13H12N4O4/c1-2-11(12(17(20)21)7-8-15-19)16-10-5-3-9(4-6-10)13(14)18/h2-8,16H,1H2,(H2,14,18)/b8-7-,12-11-. The lowest BCUT2D eigenvalue weighted by Gasteiger charge is -2.07. The molecule has 0 aliphatic heterocycles. The Kier molecular flexibility index (Phi) is 5.51. The summed E-state index contributed by atoms with van der Waals surface area (Å²) >= 11 is 0. The van der Waals surface area contributed by atoms with Crippen molar-refractivity contribution in [3.8, 4) is 0 Å². The van der Waals surface area contributed by atoms with Gasteiger partial charge in [-0.05, 0) is 35.5 Å². The molecule has 0 aromatic heterocycles. The number of anilines is 1. The molecule has 8 nitrogen and oxygen atoms in total. The molecule has 0 bridgehead atoms. The molecular weight excluding hydrogens is 276 g/mol. The van der Waals surface area contributed by atoms with Crippen LogP contribution in [0.2, 0.25) is 0 Å². The maximum Gasteiger partial charge on any atom is 0.294 e. The number of nitrogens with zero attached hydrogens (tertiary/aromatic N) is 2. The Morgan fingerprint density at radius 1 is 1.38 bits per heavy atom. The molecule has 1 rings (SSSR count). The van der Waals surface area contributed by atoms with Crippen molar-refractivity contribution in [3.63, 3.8) is 0 Å². The minimum Gasteiger partial charge on any atom is -0.366 e. The van der Waals surface area contributed by atoms with Crippen LogP contribution in [0, 0.1) is 15.0 Å². The van der Waals surface area contributed by atoms with Crippen molar-refractivity contribution in [2.75, 3.05) is 5.32 Å². The number of nitro groups is 1. The van der Waals surface area contributed by atoms with Crippen LogP contribution in [0.3, 0.4) is 0 Å². The Balaban J connectivity index is 3.12. The minimum absolute atomic E-state index is 0.0757. The van der Waals surface area contributed by atoms with Crippen LogP contribution in [0.15, 0.2) is 65.8 Å². The van der Waals surface area contributed by atoms with E-state index in [9.17, 15) is 19.8 Å². The fourth-order valence-electron chi connectivity index (χ4n) is 1.44. The van der Waals surface area contributed by atoms with Crippen molar-refractivity contribution in [1.82, 2.24) is 0 Å². The van der Waals surface area contributed by atoms with Crippen LogP contribution in [0.25, 0.3) is 0 Å². The van der Waals surface area contributed by atoms with Gasteiger partial charge in [0.2, 0.25) is 5.91 Å². The summed E-state index contributed by atoms with van der Waals surface area (Å²) in [6, 6.07) is 6.01. The second kappa shape index (κ2) is 7.34. The van der Waals surface area contributed by atoms with E-state index in [4.69, 9.17) is 5.73 Å². The lowest BCUT2D eigenvalue weighted by Crippen LogP contribution is -2.11. The number of carbonyl (C=O) groups excluding carboxylic acids is 1. The summed E-state index contributed by atoms with van der Waals surface area (Å²) in [4.78, 5) is 31.2. The highest BCUT2D eigenvalue weighted by Crippen LogP contribution is 2.16. The van der Waals surface area contributed by atoms with Gasteiger partial charge in [0, 0.05) is 17.3 Å². The SMILES string of the molecule is C=C/C(Nc1ccc(C(N)=O)cc1)=C(\C=C/N=O)[N+](=O)[O-]. The molecule has 1 aromatic carbocycles. The van der Waals surface area contributed by atoms with E-state index >= 15 is 0 Å². The normalized spacial score (nSPS) is 11.6. The fourth-order valence-corrected chi connectivity index (χ4v) is 1.44. The van der Waals surface area contributed by atoms with Gasteiger partial charge in [0.25, 0.3) is 5.70 Å². The molecule has 0 saturated heterocycles. The fraction of sp³-hybridized carbons (Fsp3) is 0. The third kappa shape index (κ3) is 4.39. The Labute approximate surface area is 119 Å². The Morgan fingerprint density at radius 3 is 2.43 bits per heavy atom. The summed E-state index contributed by atoms with van der Waals surface area (Å²) in [6.45, 7) is 3.47. The van der Waals surface area contributed by atoms with Crippen molar-refractivity contribution < 1.29 is 9.72 Å². The molecule has 0 aliphatic rings. The van der Waals surface area contributed by atoms with E-state index in [2.05, 4.69) is 17.1 Å². The van der Waals surface area contributed by atoms with E-state index in [1.807, 2.05) is 0 Å². The molecular formula is C13H12N4O4. The summed E-state index contributed by atoms with van der Waals surface area (Å²) in [7, 11) is 0. The number of rotatable bonds is 7. The smallest absolute Gasteiger partial charge is 0.294 e. The molecule has 0 aliphatic carbocycles. The van der Waals surface area contributed by atoms with Crippen molar-refractivity contribution >= 4 is 11.6 Å². The van der Waals surface area contributed by atoms with Crippen LogP contribution >= 0.6 is 0 Å². The van der Waals surface area contributed by atoms with E-state index in [1.165, 1.54) is 30.3 Å². The van der Waals surface area contributed by atoms with Gasteiger partial charge in [-0.1, -0.05) is 6.58 Å². The van der Waals surface area contributed by atoms with E-state index in [0.717, 1.165) is 12.3 Å². The number of carbonyl (C=O) groups is 1. The number of benzene rings is 1. The van der Waals surface area contributed by atoms with Gasteiger partial charge >= 0.3 is 0 Å². The van der Waals surface area contributed by atoms with Gasteiger partial charge in [0.1, 0.15) is 5.70 Å². The molecule has 0 fully saturated rings. The highest BCUT2D eigenvalue weighted by molar-refractivity contribution is 5.93. The number of nitrogens with two attached hydrogens (primary N) is 1. The second-order valence-corrected chi connectivity index (χ2v) is 3.75. The number of allylic oxidation sites excluding steroid dienone is 2. The average Bonchev–Trinajstić information content (AvgIpc) is 2.46. The van der Waals surface area contributed by atoms with Crippen LogP contribution in [0.4, 0.5) is 5.69 Å². The van der Waals surface area contributed by atoms with E-state index in [0.29, 0.717) is 11.3 Å². The second-order valence-electron chi connectivity index (χ2n) is 3.75. The van der Waals surface area contributed by atoms with Gasteiger partial charge < -0.3 is 11.1 Å². The molecule has 1 aromatic rings. The molecule has 0 unspecified atom stereocenters. The van der Waals surface area contributed by atoms with Gasteiger partial charge in [-0.3, -0.25) is 14.9 Å². The quantitative estimate of drug-likeness (QED) is 0.344. The Hall–Kier alpha value is -3.29. The largest absolute Gasteiger partial charge is 0.366 e. The number of nitroso groups, excluding NO2 is 1. The first-order chi connectivity index (χ1) is 9.99. The van der Waals surface area contributed by atoms with Crippen LogP contribution in [0.1, 0.15) is 10.4 Å². The monoisotopic (exact) mass is 288 g/mol. The van der Waals surface area contributed by atoms with Crippen LogP contribution in [-0.4, -0.2) is 10.8 Å². The zero-order valence-corrected chi connectivity index (χ0v) is 10.9. The Bertz CT molecular complexity index is 632. The lowest BCUT2D eigenvalue weighted by atomic mass is 10.2. The van der Waals surface area contributed by atoms with Crippen LogP contribution in [-0.2, 0) is 0 Å². The number of nitrogens with one attached hydrogen (secondary N) is 1. The third-order valence-corrected chi connectivity index (χ3v) is 2.42. The third-order valence-electron chi connectivity index (χ3n) is 2.42. The molecule has 0 atom stereocenters. The first-order valence-electron chi connectivity index (χ1n) is 5.66. The zero-order valence-electron chi connectivity index (χ0n) is 10.9. The first-order valence-corrected chi connectivity index (χ1v) is 5.66. The molecule has 1 amide bonds. The van der Waals surface area contributed by atoms with Crippen molar-refractivity contribution in [2.24, 2.45) is 10.9 Å². The maximum absolute atomic E-state index is 10.9. The number of amides is 1. The Morgan fingerprint density at radius 2 is 2.00 bits per heavy atom. The van der Waals surface area contributed by atoms with E-state index in [-0.39, 0.29) is 11.4 Å². The minimum atomic E-state index is -0.677. The highest BCUT2D eigenvalue weighted by Gasteiger charge is 2.13. The topological polar surface area (TPSA) is 128 Å². The van der Waals surface area contributed by atoms with Gasteiger partial charge in [-0.2, -0.15) is 0 Å². The predicted molar refractivity (Wildman–Crippen MR) is 77.7 cm³/mol. The predicted octanol–water partition coefficient (Wildman–Crippen LogP) is 2.15. The molecule has 0 radical (unpaired) electrons. The number of hydrogen-bond acceptors (Lipinski definition) is 6. The van der Waals surface area contributed by atoms with Crippen molar-refractivity contribution in [3.05, 3.63) is 81.2 Å². The summed E-state index contributed by atoms with van der Waals surface area (Å²) in [5.74, 6) is -0.577. The number of primary amides is 1. The van der Waals surface area contributed by atoms with Crippen LogP contribution < -0.4 is 11.1 Å². The maximum atomic E-state index is 10.9. The van der Waals surface area contributed by atoms with Gasteiger partial charge in [0.15, 0.2) is 0 Å². The van der Waals surface area contributed by atoms with E-state index < -0.39 is 10.8 Å². The molecule has 21 heavy (non-hydrogen) atoms. The zero-order chi connectivity index (χ0) is 15.8. The summed E-state index contributed by atoms with van der Waals surface area (Å²) in [5.41, 5.74) is 5.61. The molecule has 8 heteroatoms. The van der Waals surface area contributed by atoms with Crippen molar-refractivity contribution in [2.45, 2.75) is 0 Å². The summed E-state index contributed by atoms with van der Waals surface area (Å²) < 4.78 is 0. The summed E-state index contributed by atoms with van der Waals surface area (Å²) in [6.07, 6.45) is 2.95. The first kappa shape index (κ1) is 15.8. The molecule has 0 saturated carbocycles. The van der Waals surface area contributed by atoms with Gasteiger partial charge in [-0.15, -0.1) is 4.91 Å². The van der Waals surface area contributed by atoms with Gasteiger partial charge in [0.05, 0.1) is 11.1 Å². The lowest BCUT2D eigenvalue weighted by molar-refractivity contribution is -0.419. The number of hydrogen-bond donors (Lipinski definition) is 2. The molecule has 108 valence electrons. The van der Waals surface area contributed by atoms with E-state index in [1.54, 1.807) is 0 Å².